The van der Waals surface area contributed by atoms with Crippen LogP contribution >= 0.6 is 33.9 Å². The van der Waals surface area contributed by atoms with Gasteiger partial charge in [-0.3, -0.25) is 0 Å². The highest BCUT2D eigenvalue weighted by Gasteiger charge is 2.22. The Labute approximate surface area is 96.9 Å². The quantitative estimate of drug-likeness (QED) is 0.846. The molecular formula is C10H14INS. The first-order chi connectivity index (χ1) is 6.25. The predicted molar refractivity (Wildman–Crippen MR) is 65.9 cm³/mol. The summed E-state index contributed by atoms with van der Waals surface area (Å²) in [5.74, 6) is 1.00. The highest BCUT2D eigenvalue weighted by molar-refractivity contribution is 14.1. The summed E-state index contributed by atoms with van der Waals surface area (Å²) in [5.41, 5.74) is 7.42. The van der Waals surface area contributed by atoms with E-state index in [1.54, 1.807) is 11.3 Å². The van der Waals surface area contributed by atoms with E-state index in [0.717, 1.165) is 12.3 Å². The van der Waals surface area contributed by atoms with Crippen LogP contribution in [0.2, 0.25) is 0 Å². The molecule has 1 saturated carbocycles. The third kappa shape index (κ3) is 2.92. The molecule has 1 aliphatic carbocycles. The minimum Gasteiger partial charge on any atom is -0.324 e. The van der Waals surface area contributed by atoms with Gasteiger partial charge in [-0.1, -0.05) is 12.8 Å². The zero-order valence-electron chi connectivity index (χ0n) is 7.50. The van der Waals surface area contributed by atoms with Gasteiger partial charge in [-0.25, -0.2) is 0 Å². The van der Waals surface area contributed by atoms with Crippen molar-refractivity contribution in [3.63, 3.8) is 0 Å². The number of hydrogen-bond acceptors (Lipinski definition) is 2. The summed E-state index contributed by atoms with van der Waals surface area (Å²) in [6.07, 6.45) is 5.37. The van der Waals surface area contributed by atoms with Gasteiger partial charge in [0, 0.05) is 6.04 Å². The van der Waals surface area contributed by atoms with Crippen LogP contribution in [0, 0.1) is 8.80 Å². The van der Waals surface area contributed by atoms with Crippen LogP contribution in [0.15, 0.2) is 11.4 Å². The molecule has 0 bridgehead atoms. The molecule has 2 N–H and O–H groups in total. The van der Waals surface area contributed by atoms with E-state index in [4.69, 9.17) is 5.73 Å². The first-order valence-corrected chi connectivity index (χ1v) is 6.71. The van der Waals surface area contributed by atoms with Crippen molar-refractivity contribution in [1.29, 1.82) is 0 Å². The maximum Gasteiger partial charge on any atom is 0.0656 e. The lowest BCUT2D eigenvalue weighted by Gasteiger charge is -2.08. The van der Waals surface area contributed by atoms with Crippen LogP contribution < -0.4 is 5.73 Å². The average molecular weight is 307 g/mol. The standard InChI is InChI=1S/C10H14INS/c11-10-5-8(6-13-10)9(12)4-3-7-1-2-7/h5-7,9H,1-4,12H2. The topological polar surface area (TPSA) is 26.0 Å². The predicted octanol–water partition coefficient (Wildman–Crippen LogP) is 3.54. The summed E-state index contributed by atoms with van der Waals surface area (Å²) in [6.45, 7) is 0. The van der Waals surface area contributed by atoms with E-state index < -0.39 is 0 Å². The van der Waals surface area contributed by atoms with E-state index in [0.29, 0.717) is 0 Å². The molecule has 2 rings (SSSR count). The zero-order valence-corrected chi connectivity index (χ0v) is 10.5. The first-order valence-electron chi connectivity index (χ1n) is 4.75. The van der Waals surface area contributed by atoms with Crippen LogP contribution in [0.4, 0.5) is 0 Å². The van der Waals surface area contributed by atoms with Crippen molar-refractivity contribution in [2.75, 3.05) is 0 Å². The molecule has 3 heteroatoms. The maximum atomic E-state index is 6.09. The van der Waals surface area contributed by atoms with Gasteiger partial charge in [0.1, 0.15) is 0 Å². The van der Waals surface area contributed by atoms with Crippen LogP contribution in [-0.2, 0) is 0 Å². The Kier molecular flexibility index (Phi) is 3.26. The molecule has 1 atom stereocenters. The lowest BCUT2D eigenvalue weighted by Crippen LogP contribution is -2.09. The zero-order chi connectivity index (χ0) is 9.26. The van der Waals surface area contributed by atoms with Crippen LogP contribution in [0.1, 0.15) is 37.3 Å². The monoisotopic (exact) mass is 307 g/mol. The highest BCUT2D eigenvalue weighted by atomic mass is 127. The fraction of sp³-hybridized carbons (Fsp3) is 0.600. The van der Waals surface area contributed by atoms with Gasteiger partial charge in [-0.15, -0.1) is 11.3 Å². The van der Waals surface area contributed by atoms with Crippen molar-refractivity contribution >= 4 is 33.9 Å². The molecule has 0 spiro atoms. The van der Waals surface area contributed by atoms with Gasteiger partial charge in [0.15, 0.2) is 0 Å². The molecule has 1 unspecified atom stereocenters. The van der Waals surface area contributed by atoms with E-state index in [1.807, 2.05) is 0 Å². The molecule has 0 saturated heterocycles. The van der Waals surface area contributed by atoms with E-state index >= 15 is 0 Å². The number of hydrogen-bond donors (Lipinski definition) is 1. The summed E-state index contributed by atoms with van der Waals surface area (Å²) in [6, 6.07) is 2.49. The molecule has 1 nitrogen and oxygen atoms in total. The molecule has 13 heavy (non-hydrogen) atoms. The summed E-state index contributed by atoms with van der Waals surface area (Å²) >= 11 is 4.14. The summed E-state index contributed by atoms with van der Waals surface area (Å²) < 4.78 is 1.34. The Balaban J connectivity index is 1.84. The molecule has 1 heterocycles. The third-order valence-electron chi connectivity index (χ3n) is 2.60. The number of halogens is 1. The number of rotatable bonds is 4. The summed E-state index contributed by atoms with van der Waals surface area (Å²) in [7, 11) is 0. The Morgan fingerprint density at radius 3 is 2.92 bits per heavy atom. The smallest absolute Gasteiger partial charge is 0.0656 e. The van der Waals surface area contributed by atoms with Gasteiger partial charge in [0.05, 0.1) is 2.88 Å². The van der Waals surface area contributed by atoms with E-state index in [2.05, 4.69) is 34.0 Å². The lowest BCUT2D eigenvalue weighted by molar-refractivity contribution is 0.576. The van der Waals surface area contributed by atoms with Crippen molar-refractivity contribution in [3.8, 4) is 0 Å². The minimum absolute atomic E-state index is 0.278. The second kappa shape index (κ2) is 4.28. The Bertz CT molecular complexity index is 280. The van der Waals surface area contributed by atoms with E-state index in [-0.39, 0.29) is 6.04 Å². The van der Waals surface area contributed by atoms with Crippen LogP contribution in [-0.4, -0.2) is 0 Å². The molecule has 0 aliphatic heterocycles. The molecule has 0 amide bonds. The van der Waals surface area contributed by atoms with Gasteiger partial charge in [-0.05, 0) is 58.4 Å². The molecule has 0 aromatic carbocycles. The first kappa shape index (κ1) is 9.93. The summed E-state index contributed by atoms with van der Waals surface area (Å²) in [4.78, 5) is 0. The molecule has 1 aliphatic rings. The molecular weight excluding hydrogens is 293 g/mol. The average Bonchev–Trinajstić information content (AvgIpc) is 2.84. The van der Waals surface area contributed by atoms with Gasteiger partial charge >= 0.3 is 0 Å². The second-order valence-electron chi connectivity index (χ2n) is 3.81. The normalized spacial score (nSPS) is 18.9. The molecule has 72 valence electrons. The SMILES string of the molecule is NC(CCC1CC1)c1csc(I)c1. The van der Waals surface area contributed by atoms with E-state index in [1.165, 1.54) is 27.7 Å². The molecule has 1 aromatic heterocycles. The van der Waals surface area contributed by atoms with E-state index in [9.17, 15) is 0 Å². The minimum atomic E-state index is 0.278. The Morgan fingerprint density at radius 2 is 2.38 bits per heavy atom. The third-order valence-corrected chi connectivity index (χ3v) is 4.41. The highest BCUT2D eigenvalue weighted by Crippen LogP contribution is 2.35. The maximum absolute atomic E-state index is 6.09. The van der Waals surface area contributed by atoms with Crippen molar-refractivity contribution in [2.45, 2.75) is 31.7 Å². The van der Waals surface area contributed by atoms with Crippen LogP contribution in [0.5, 0.6) is 0 Å². The Hall–Kier alpha value is 0.390. The number of thiophene rings is 1. The Morgan fingerprint density at radius 1 is 1.62 bits per heavy atom. The van der Waals surface area contributed by atoms with Crippen molar-refractivity contribution in [3.05, 3.63) is 19.9 Å². The van der Waals surface area contributed by atoms with Gasteiger partial charge in [0.2, 0.25) is 0 Å². The fourth-order valence-corrected chi connectivity index (χ4v) is 2.94. The van der Waals surface area contributed by atoms with Crippen LogP contribution in [0.25, 0.3) is 0 Å². The largest absolute Gasteiger partial charge is 0.324 e. The lowest BCUT2D eigenvalue weighted by atomic mass is 10.0. The fourth-order valence-electron chi connectivity index (χ4n) is 1.51. The van der Waals surface area contributed by atoms with Crippen LogP contribution in [0.3, 0.4) is 0 Å². The molecule has 1 aromatic rings. The second-order valence-corrected chi connectivity index (χ2v) is 6.62. The van der Waals surface area contributed by atoms with Crippen molar-refractivity contribution in [1.82, 2.24) is 0 Å². The number of nitrogens with two attached hydrogens (primary N) is 1. The van der Waals surface area contributed by atoms with Gasteiger partial charge < -0.3 is 5.73 Å². The van der Waals surface area contributed by atoms with Gasteiger partial charge in [-0.2, -0.15) is 0 Å². The molecule has 1 fully saturated rings. The molecule has 0 radical (unpaired) electrons. The van der Waals surface area contributed by atoms with Crippen molar-refractivity contribution < 1.29 is 0 Å². The van der Waals surface area contributed by atoms with Gasteiger partial charge in [0.25, 0.3) is 0 Å². The van der Waals surface area contributed by atoms with Crippen molar-refractivity contribution in [2.24, 2.45) is 11.7 Å². The summed E-state index contributed by atoms with van der Waals surface area (Å²) in [5, 5.41) is 2.19.